The molecule has 1 aromatic rings. The number of amides is 1. The van der Waals surface area contributed by atoms with Crippen molar-refractivity contribution in [3.63, 3.8) is 0 Å². The molecule has 5 nitrogen and oxygen atoms in total. The standard InChI is InChI=1S/C15H26N4O/c1-10-5-4-6-13(8-7-10)17-14(20)9-19-12(3)15(16)11(2)18-19/h10,13H,4-9,16H2,1-3H3,(H,17,20). The molecule has 1 aliphatic carbocycles. The zero-order valence-corrected chi connectivity index (χ0v) is 12.8. The number of nitrogens with zero attached hydrogens (tertiary/aromatic N) is 2. The van der Waals surface area contributed by atoms with Gasteiger partial charge in [-0.2, -0.15) is 5.10 Å². The van der Waals surface area contributed by atoms with Gasteiger partial charge in [-0.3, -0.25) is 9.48 Å². The Kier molecular flexibility index (Phi) is 4.68. The molecule has 0 aromatic carbocycles. The second-order valence-corrected chi connectivity index (χ2v) is 6.12. The minimum absolute atomic E-state index is 0.0372. The predicted octanol–water partition coefficient (Wildman–Crippen LogP) is 2.17. The van der Waals surface area contributed by atoms with Gasteiger partial charge in [-0.15, -0.1) is 0 Å². The monoisotopic (exact) mass is 278 g/mol. The number of carbonyl (C=O) groups is 1. The fourth-order valence-electron chi connectivity index (χ4n) is 2.91. The third kappa shape index (κ3) is 3.52. The minimum atomic E-state index is 0.0372. The average Bonchev–Trinajstić information content (AvgIpc) is 2.58. The summed E-state index contributed by atoms with van der Waals surface area (Å²) in [6, 6.07) is 0.321. The SMILES string of the molecule is Cc1nn(CC(=O)NC2CCCC(C)CC2)c(C)c1N. The molecular weight excluding hydrogens is 252 g/mol. The summed E-state index contributed by atoms with van der Waals surface area (Å²) in [5.74, 6) is 0.822. The van der Waals surface area contributed by atoms with Crippen LogP contribution in [0.1, 0.15) is 50.4 Å². The molecule has 2 unspecified atom stereocenters. The summed E-state index contributed by atoms with van der Waals surface area (Å²) in [4.78, 5) is 12.1. The molecule has 1 heterocycles. The van der Waals surface area contributed by atoms with E-state index in [1.165, 1.54) is 19.3 Å². The highest BCUT2D eigenvalue weighted by molar-refractivity contribution is 5.76. The Hall–Kier alpha value is -1.52. The average molecular weight is 278 g/mol. The Morgan fingerprint density at radius 1 is 1.35 bits per heavy atom. The number of hydrogen-bond acceptors (Lipinski definition) is 3. The molecule has 1 saturated carbocycles. The van der Waals surface area contributed by atoms with E-state index in [-0.39, 0.29) is 12.5 Å². The van der Waals surface area contributed by atoms with Gasteiger partial charge in [-0.05, 0) is 39.0 Å². The number of hydrogen-bond donors (Lipinski definition) is 2. The van der Waals surface area contributed by atoms with Crippen LogP contribution in [0.5, 0.6) is 0 Å². The number of rotatable bonds is 3. The van der Waals surface area contributed by atoms with E-state index in [1.54, 1.807) is 4.68 Å². The van der Waals surface area contributed by atoms with Crippen molar-refractivity contribution in [3.8, 4) is 0 Å². The highest BCUT2D eigenvalue weighted by Gasteiger charge is 2.19. The summed E-state index contributed by atoms with van der Waals surface area (Å²) >= 11 is 0. The lowest BCUT2D eigenvalue weighted by Gasteiger charge is -2.16. The molecule has 5 heteroatoms. The van der Waals surface area contributed by atoms with Gasteiger partial charge < -0.3 is 11.1 Å². The van der Waals surface area contributed by atoms with Gasteiger partial charge in [-0.1, -0.05) is 19.8 Å². The van der Waals surface area contributed by atoms with E-state index < -0.39 is 0 Å². The van der Waals surface area contributed by atoms with Crippen molar-refractivity contribution in [2.75, 3.05) is 5.73 Å². The third-order valence-electron chi connectivity index (χ3n) is 4.35. The molecule has 1 aliphatic rings. The molecule has 0 spiro atoms. The Morgan fingerprint density at radius 2 is 2.10 bits per heavy atom. The van der Waals surface area contributed by atoms with E-state index in [9.17, 15) is 4.79 Å². The molecular formula is C15H26N4O. The van der Waals surface area contributed by atoms with Crippen LogP contribution < -0.4 is 11.1 Å². The summed E-state index contributed by atoms with van der Waals surface area (Å²) in [5, 5.41) is 7.45. The van der Waals surface area contributed by atoms with Crippen molar-refractivity contribution in [2.24, 2.45) is 5.92 Å². The molecule has 112 valence electrons. The fraction of sp³-hybridized carbons (Fsp3) is 0.733. The second-order valence-electron chi connectivity index (χ2n) is 6.12. The summed E-state index contributed by atoms with van der Waals surface area (Å²) in [6.07, 6.45) is 5.87. The van der Waals surface area contributed by atoms with Crippen molar-refractivity contribution >= 4 is 11.6 Å². The van der Waals surface area contributed by atoms with Gasteiger partial charge in [0.2, 0.25) is 5.91 Å². The maximum atomic E-state index is 12.1. The molecule has 1 fully saturated rings. The van der Waals surface area contributed by atoms with E-state index in [0.29, 0.717) is 11.7 Å². The fourth-order valence-corrected chi connectivity index (χ4v) is 2.91. The molecule has 20 heavy (non-hydrogen) atoms. The van der Waals surface area contributed by atoms with Crippen LogP contribution in [-0.4, -0.2) is 21.7 Å². The number of anilines is 1. The van der Waals surface area contributed by atoms with Crippen LogP contribution in [0.2, 0.25) is 0 Å². The summed E-state index contributed by atoms with van der Waals surface area (Å²) in [7, 11) is 0. The van der Waals surface area contributed by atoms with E-state index in [1.807, 2.05) is 13.8 Å². The van der Waals surface area contributed by atoms with Crippen LogP contribution in [0.4, 0.5) is 5.69 Å². The van der Waals surface area contributed by atoms with Crippen molar-refractivity contribution in [3.05, 3.63) is 11.4 Å². The Morgan fingerprint density at radius 3 is 2.75 bits per heavy atom. The Balaban J connectivity index is 1.90. The van der Waals surface area contributed by atoms with Crippen LogP contribution >= 0.6 is 0 Å². The maximum Gasteiger partial charge on any atom is 0.241 e. The minimum Gasteiger partial charge on any atom is -0.396 e. The molecule has 1 amide bonds. The first kappa shape index (κ1) is 14.9. The smallest absolute Gasteiger partial charge is 0.241 e. The normalized spacial score (nSPS) is 23.4. The van der Waals surface area contributed by atoms with Crippen LogP contribution in [0.25, 0.3) is 0 Å². The summed E-state index contributed by atoms with van der Waals surface area (Å²) in [6.45, 7) is 6.32. The van der Waals surface area contributed by atoms with E-state index in [0.717, 1.165) is 30.1 Å². The van der Waals surface area contributed by atoms with Crippen LogP contribution in [0, 0.1) is 19.8 Å². The molecule has 0 aliphatic heterocycles. The highest BCUT2D eigenvalue weighted by atomic mass is 16.2. The van der Waals surface area contributed by atoms with Gasteiger partial charge in [-0.25, -0.2) is 0 Å². The van der Waals surface area contributed by atoms with E-state index >= 15 is 0 Å². The summed E-state index contributed by atoms with van der Waals surface area (Å²) < 4.78 is 1.69. The molecule has 2 atom stereocenters. The molecule has 0 saturated heterocycles. The lowest BCUT2D eigenvalue weighted by atomic mass is 10.0. The zero-order valence-electron chi connectivity index (χ0n) is 12.8. The third-order valence-corrected chi connectivity index (χ3v) is 4.35. The molecule has 3 N–H and O–H groups in total. The summed E-state index contributed by atoms with van der Waals surface area (Å²) in [5.41, 5.74) is 8.22. The Bertz CT molecular complexity index is 480. The quantitative estimate of drug-likeness (QED) is 0.832. The maximum absolute atomic E-state index is 12.1. The van der Waals surface area contributed by atoms with Crippen molar-refractivity contribution in [2.45, 2.75) is 65.5 Å². The van der Waals surface area contributed by atoms with Crippen molar-refractivity contribution < 1.29 is 4.79 Å². The lowest BCUT2D eigenvalue weighted by Crippen LogP contribution is -2.37. The second kappa shape index (κ2) is 6.29. The first-order chi connectivity index (χ1) is 9.47. The number of nitrogens with one attached hydrogen (secondary N) is 1. The number of nitrogens with two attached hydrogens (primary N) is 1. The van der Waals surface area contributed by atoms with Crippen LogP contribution in [0.15, 0.2) is 0 Å². The van der Waals surface area contributed by atoms with Crippen LogP contribution in [-0.2, 0) is 11.3 Å². The van der Waals surface area contributed by atoms with Gasteiger partial charge in [0, 0.05) is 6.04 Å². The lowest BCUT2D eigenvalue weighted by molar-refractivity contribution is -0.122. The predicted molar refractivity (Wildman–Crippen MR) is 80.3 cm³/mol. The van der Waals surface area contributed by atoms with Crippen LogP contribution in [0.3, 0.4) is 0 Å². The Labute approximate surface area is 120 Å². The van der Waals surface area contributed by atoms with Crippen molar-refractivity contribution in [1.29, 1.82) is 0 Å². The van der Waals surface area contributed by atoms with Gasteiger partial charge >= 0.3 is 0 Å². The molecule has 1 aromatic heterocycles. The molecule has 0 radical (unpaired) electrons. The van der Waals surface area contributed by atoms with Gasteiger partial charge in [0.15, 0.2) is 0 Å². The van der Waals surface area contributed by atoms with E-state index in [4.69, 9.17) is 5.73 Å². The number of carbonyl (C=O) groups excluding carboxylic acids is 1. The topological polar surface area (TPSA) is 72.9 Å². The highest BCUT2D eigenvalue weighted by Crippen LogP contribution is 2.22. The largest absolute Gasteiger partial charge is 0.396 e. The zero-order chi connectivity index (χ0) is 14.7. The van der Waals surface area contributed by atoms with Gasteiger partial charge in [0.25, 0.3) is 0 Å². The van der Waals surface area contributed by atoms with Gasteiger partial charge in [0.1, 0.15) is 6.54 Å². The number of aryl methyl sites for hydroxylation is 1. The first-order valence-corrected chi connectivity index (χ1v) is 7.56. The first-order valence-electron chi connectivity index (χ1n) is 7.56. The van der Waals surface area contributed by atoms with E-state index in [2.05, 4.69) is 17.3 Å². The molecule has 2 rings (SSSR count). The van der Waals surface area contributed by atoms with Crippen molar-refractivity contribution in [1.82, 2.24) is 15.1 Å². The number of nitrogen functional groups attached to an aromatic ring is 1. The number of aromatic nitrogens is 2. The van der Waals surface area contributed by atoms with Gasteiger partial charge in [0.05, 0.1) is 17.1 Å². The molecule has 0 bridgehead atoms.